The molecule has 3 aliphatic carbocycles. The highest BCUT2D eigenvalue weighted by atomic mass is 127. The number of halogens is 1. The molecular formula is C15H25IN2O. The highest BCUT2D eigenvalue weighted by molar-refractivity contribution is 14.1. The fourth-order valence-corrected chi connectivity index (χ4v) is 5.59. The van der Waals surface area contributed by atoms with Crippen molar-refractivity contribution >= 4 is 28.5 Å². The van der Waals surface area contributed by atoms with E-state index in [1.54, 1.807) is 0 Å². The molecule has 3 N–H and O–H groups in total. The highest BCUT2D eigenvalue weighted by Gasteiger charge is 2.52. The summed E-state index contributed by atoms with van der Waals surface area (Å²) in [5.41, 5.74) is 6.51. The molecule has 0 saturated heterocycles. The Morgan fingerprint density at radius 3 is 2.68 bits per heavy atom. The fraction of sp³-hybridized carbons (Fsp3) is 0.933. The summed E-state index contributed by atoms with van der Waals surface area (Å²) in [5, 5.41) is 3.24. The number of nitrogens with two attached hydrogens (primary N) is 1. The van der Waals surface area contributed by atoms with Crippen LogP contribution < -0.4 is 11.1 Å². The summed E-state index contributed by atoms with van der Waals surface area (Å²) >= 11 is 2.31. The molecule has 3 fully saturated rings. The maximum absolute atomic E-state index is 12.6. The van der Waals surface area contributed by atoms with Crippen molar-refractivity contribution in [2.75, 3.05) is 6.54 Å². The minimum atomic E-state index is 0.128. The Labute approximate surface area is 129 Å². The topological polar surface area (TPSA) is 55.1 Å². The van der Waals surface area contributed by atoms with Gasteiger partial charge >= 0.3 is 0 Å². The normalized spacial score (nSPS) is 40.8. The van der Waals surface area contributed by atoms with Gasteiger partial charge in [-0.1, -0.05) is 35.9 Å². The zero-order valence-corrected chi connectivity index (χ0v) is 13.9. The van der Waals surface area contributed by atoms with Crippen LogP contribution in [0.2, 0.25) is 0 Å². The van der Waals surface area contributed by atoms with Crippen molar-refractivity contribution in [1.29, 1.82) is 0 Å². The second-order valence-corrected chi connectivity index (χ2v) is 8.70. The molecule has 0 aliphatic heterocycles. The summed E-state index contributed by atoms with van der Waals surface area (Å²) < 4.78 is 0.128. The van der Waals surface area contributed by atoms with Gasteiger partial charge < -0.3 is 11.1 Å². The van der Waals surface area contributed by atoms with Gasteiger partial charge in [0.1, 0.15) is 0 Å². The Bertz CT molecular complexity index is 367. The average molecular weight is 376 g/mol. The molecule has 1 unspecified atom stereocenters. The lowest BCUT2D eigenvalue weighted by Crippen LogP contribution is -2.47. The van der Waals surface area contributed by atoms with E-state index in [4.69, 9.17) is 5.73 Å². The van der Waals surface area contributed by atoms with Crippen molar-refractivity contribution in [1.82, 2.24) is 5.32 Å². The second-order valence-electron chi connectivity index (χ2n) is 7.26. The Balaban J connectivity index is 1.62. The van der Waals surface area contributed by atoms with E-state index in [9.17, 15) is 4.79 Å². The molecule has 3 saturated carbocycles. The number of rotatable bonds is 4. The molecule has 108 valence electrons. The van der Waals surface area contributed by atoms with Crippen LogP contribution in [0.3, 0.4) is 0 Å². The minimum absolute atomic E-state index is 0.128. The predicted octanol–water partition coefficient (Wildman–Crippen LogP) is 2.67. The highest BCUT2D eigenvalue weighted by Crippen LogP contribution is 2.54. The van der Waals surface area contributed by atoms with E-state index in [-0.39, 0.29) is 15.9 Å². The average Bonchev–Trinajstić information content (AvgIpc) is 2.93. The van der Waals surface area contributed by atoms with Crippen molar-refractivity contribution in [2.45, 2.75) is 49.5 Å². The van der Waals surface area contributed by atoms with Gasteiger partial charge in [0.25, 0.3) is 0 Å². The van der Waals surface area contributed by atoms with Crippen LogP contribution in [0.1, 0.15) is 45.4 Å². The number of fused-ring (bicyclic) bond motifs is 2. The first kappa shape index (κ1) is 14.1. The Kier molecular flexibility index (Phi) is 3.84. The van der Waals surface area contributed by atoms with Crippen LogP contribution in [0, 0.1) is 29.1 Å². The third-order valence-electron chi connectivity index (χ3n) is 5.90. The summed E-state index contributed by atoms with van der Waals surface area (Å²) in [7, 11) is 0. The monoisotopic (exact) mass is 376 g/mol. The molecule has 1 amide bonds. The van der Waals surface area contributed by atoms with Crippen LogP contribution in [0.15, 0.2) is 0 Å². The summed E-state index contributed by atoms with van der Waals surface area (Å²) in [5.74, 6) is 2.19. The molecule has 0 heterocycles. The van der Waals surface area contributed by atoms with Gasteiger partial charge in [-0.15, -0.1) is 0 Å². The van der Waals surface area contributed by atoms with Crippen LogP contribution in [-0.4, -0.2) is 16.5 Å². The van der Waals surface area contributed by atoms with Crippen LogP contribution in [0.4, 0.5) is 0 Å². The molecule has 0 spiro atoms. The van der Waals surface area contributed by atoms with E-state index in [2.05, 4.69) is 34.8 Å². The van der Waals surface area contributed by atoms with Crippen LogP contribution in [0.25, 0.3) is 0 Å². The molecule has 3 rings (SSSR count). The summed E-state index contributed by atoms with van der Waals surface area (Å²) in [6.07, 6.45) is 7.60. The first-order chi connectivity index (χ1) is 9.00. The maximum atomic E-state index is 12.6. The number of hydrogen-bond donors (Lipinski definition) is 2. The molecule has 3 aliphatic rings. The first-order valence-corrected chi connectivity index (χ1v) is 8.92. The van der Waals surface area contributed by atoms with E-state index in [1.165, 1.54) is 38.5 Å². The molecule has 19 heavy (non-hydrogen) atoms. The molecule has 4 heteroatoms. The Hall–Kier alpha value is 0.160. The smallest absolute Gasteiger partial charge is 0.223 e. The number of hydrogen-bond acceptors (Lipinski definition) is 2. The lowest BCUT2D eigenvalue weighted by atomic mass is 9.70. The van der Waals surface area contributed by atoms with Crippen molar-refractivity contribution in [3.05, 3.63) is 0 Å². The lowest BCUT2D eigenvalue weighted by Gasteiger charge is -2.39. The lowest BCUT2D eigenvalue weighted by molar-refractivity contribution is -0.129. The molecule has 0 radical (unpaired) electrons. The van der Waals surface area contributed by atoms with E-state index in [0.29, 0.717) is 23.2 Å². The number of carbonyl (C=O) groups is 1. The third-order valence-corrected chi connectivity index (χ3v) is 6.73. The van der Waals surface area contributed by atoms with Crippen molar-refractivity contribution in [3.8, 4) is 0 Å². The molecule has 3 nitrogen and oxygen atoms in total. The molecule has 0 aromatic rings. The summed E-state index contributed by atoms with van der Waals surface area (Å²) in [6, 6.07) is 0. The van der Waals surface area contributed by atoms with Crippen LogP contribution >= 0.6 is 22.6 Å². The Morgan fingerprint density at radius 1 is 1.42 bits per heavy atom. The first-order valence-electron chi connectivity index (χ1n) is 7.67. The van der Waals surface area contributed by atoms with Gasteiger partial charge in [0, 0.05) is 12.5 Å². The molecule has 0 aromatic carbocycles. The van der Waals surface area contributed by atoms with Gasteiger partial charge in [0.2, 0.25) is 5.91 Å². The molecule has 5 atom stereocenters. The van der Waals surface area contributed by atoms with E-state index < -0.39 is 0 Å². The minimum Gasteiger partial charge on any atom is -0.355 e. The largest absolute Gasteiger partial charge is 0.355 e. The Morgan fingerprint density at radius 2 is 2.11 bits per heavy atom. The number of carbonyl (C=O) groups excluding carboxylic acids is 1. The van der Waals surface area contributed by atoms with Crippen molar-refractivity contribution in [3.63, 3.8) is 0 Å². The summed E-state index contributed by atoms with van der Waals surface area (Å²) in [6.45, 7) is 3.15. The molecule has 0 aromatic heterocycles. The third kappa shape index (κ3) is 2.55. The quantitative estimate of drug-likeness (QED) is 0.450. The van der Waals surface area contributed by atoms with Crippen molar-refractivity contribution < 1.29 is 4.79 Å². The zero-order chi connectivity index (χ0) is 13.6. The van der Waals surface area contributed by atoms with E-state index in [0.717, 1.165) is 6.54 Å². The SMILES string of the molecule is CC1(CNC(=O)[C@H]2[C@@H]3CC[C@@H](C3)[C@H]2C(N)I)CCC1. The van der Waals surface area contributed by atoms with E-state index in [1.807, 2.05) is 0 Å². The number of nitrogens with one attached hydrogen (secondary N) is 1. The van der Waals surface area contributed by atoms with Crippen LogP contribution in [0.5, 0.6) is 0 Å². The van der Waals surface area contributed by atoms with Gasteiger partial charge in [-0.2, -0.15) is 0 Å². The fourth-order valence-electron chi connectivity index (χ4n) is 4.56. The summed E-state index contributed by atoms with van der Waals surface area (Å²) in [4.78, 5) is 12.6. The number of amides is 1. The van der Waals surface area contributed by atoms with Gasteiger partial charge in [-0.3, -0.25) is 4.79 Å². The molecule has 2 bridgehead atoms. The van der Waals surface area contributed by atoms with Crippen LogP contribution in [-0.2, 0) is 4.79 Å². The zero-order valence-electron chi connectivity index (χ0n) is 11.7. The number of alkyl halides is 1. The van der Waals surface area contributed by atoms with Gasteiger partial charge in [-0.05, 0) is 55.3 Å². The standard InChI is InChI=1S/C15H25IN2O/c1-15(5-2-6-15)8-18-14(19)12-10-4-3-9(7-10)11(12)13(16)17/h9-13H,2-8,17H2,1H3,(H,18,19)/t9-,10+,11+,12-,13?/m0/s1. The predicted molar refractivity (Wildman–Crippen MR) is 84.8 cm³/mol. The second kappa shape index (κ2) is 5.17. The van der Waals surface area contributed by atoms with Gasteiger partial charge in [0.05, 0.1) is 4.05 Å². The van der Waals surface area contributed by atoms with Crippen molar-refractivity contribution in [2.24, 2.45) is 34.8 Å². The van der Waals surface area contributed by atoms with Gasteiger partial charge in [-0.25, -0.2) is 0 Å². The van der Waals surface area contributed by atoms with Gasteiger partial charge in [0.15, 0.2) is 0 Å². The maximum Gasteiger partial charge on any atom is 0.223 e. The molecular weight excluding hydrogens is 351 g/mol. The van der Waals surface area contributed by atoms with E-state index >= 15 is 0 Å².